The third-order valence-electron chi connectivity index (χ3n) is 4.84. The van der Waals surface area contributed by atoms with Gasteiger partial charge in [-0.1, -0.05) is 30.3 Å². The van der Waals surface area contributed by atoms with Crippen molar-refractivity contribution in [1.29, 1.82) is 0 Å². The van der Waals surface area contributed by atoms with Crippen LogP contribution >= 0.6 is 0 Å². The number of aryl methyl sites for hydroxylation is 3. The van der Waals surface area contributed by atoms with Crippen molar-refractivity contribution in [1.82, 2.24) is 15.0 Å². The van der Waals surface area contributed by atoms with E-state index in [1.807, 2.05) is 57.2 Å². The molecule has 0 saturated heterocycles. The Kier molecular flexibility index (Phi) is 6.92. The molecule has 0 atom stereocenters. The fourth-order valence-corrected chi connectivity index (χ4v) is 2.88. The van der Waals surface area contributed by atoms with Gasteiger partial charge in [0, 0.05) is 17.7 Å². The van der Waals surface area contributed by atoms with Gasteiger partial charge in [0.1, 0.15) is 0 Å². The maximum Gasteiger partial charge on any atom is 0.306 e. The Hall–Kier alpha value is -3.81. The SMILES string of the molecule is Cc1ccc(C(=O)CCC(=O)OCc2nc(N)nc(Nc3ccccc3C)n2)cc1C. The van der Waals surface area contributed by atoms with E-state index in [9.17, 15) is 9.59 Å². The minimum Gasteiger partial charge on any atom is -0.457 e. The van der Waals surface area contributed by atoms with Crippen molar-refractivity contribution >= 4 is 29.3 Å². The van der Waals surface area contributed by atoms with Crippen molar-refractivity contribution in [2.75, 3.05) is 11.1 Å². The number of hydrogen-bond acceptors (Lipinski definition) is 8. The predicted molar refractivity (Wildman–Crippen MR) is 118 cm³/mol. The molecule has 0 amide bonds. The molecule has 0 saturated carbocycles. The van der Waals surface area contributed by atoms with Crippen LogP contribution in [0.25, 0.3) is 0 Å². The van der Waals surface area contributed by atoms with Crippen LogP contribution in [0.1, 0.15) is 45.7 Å². The highest BCUT2D eigenvalue weighted by Crippen LogP contribution is 2.18. The third kappa shape index (κ3) is 6.08. The number of benzene rings is 2. The number of hydrogen-bond donors (Lipinski definition) is 2. The lowest BCUT2D eigenvalue weighted by Crippen LogP contribution is -2.12. The summed E-state index contributed by atoms with van der Waals surface area (Å²) >= 11 is 0. The second kappa shape index (κ2) is 9.80. The molecule has 3 aromatic rings. The number of nitrogens with two attached hydrogens (primary N) is 1. The molecular weight excluding hydrogens is 394 g/mol. The Morgan fingerprint density at radius 1 is 0.935 bits per heavy atom. The van der Waals surface area contributed by atoms with Crippen LogP contribution < -0.4 is 11.1 Å². The Bertz CT molecular complexity index is 1110. The molecule has 31 heavy (non-hydrogen) atoms. The average Bonchev–Trinajstić information content (AvgIpc) is 2.74. The fraction of sp³-hybridized carbons (Fsp3) is 0.261. The number of anilines is 3. The van der Waals surface area contributed by atoms with E-state index in [2.05, 4.69) is 20.3 Å². The number of rotatable bonds is 8. The summed E-state index contributed by atoms with van der Waals surface area (Å²) in [5.74, 6) is -0.115. The first-order valence-electron chi connectivity index (χ1n) is 9.91. The molecule has 3 rings (SSSR count). The number of nitrogens with one attached hydrogen (secondary N) is 1. The zero-order chi connectivity index (χ0) is 22.4. The van der Waals surface area contributed by atoms with Gasteiger partial charge in [0.05, 0.1) is 6.42 Å². The third-order valence-corrected chi connectivity index (χ3v) is 4.84. The molecule has 2 aromatic carbocycles. The molecule has 8 heteroatoms. The van der Waals surface area contributed by atoms with Gasteiger partial charge in [0.25, 0.3) is 0 Å². The van der Waals surface area contributed by atoms with E-state index in [0.29, 0.717) is 5.56 Å². The summed E-state index contributed by atoms with van der Waals surface area (Å²) < 4.78 is 5.21. The zero-order valence-electron chi connectivity index (χ0n) is 17.8. The smallest absolute Gasteiger partial charge is 0.306 e. The molecule has 0 bridgehead atoms. The molecule has 0 aliphatic heterocycles. The van der Waals surface area contributed by atoms with Gasteiger partial charge in [0.15, 0.2) is 18.2 Å². The van der Waals surface area contributed by atoms with Crippen LogP contribution in [0.3, 0.4) is 0 Å². The highest BCUT2D eigenvalue weighted by molar-refractivity contribution is 5.97. The highest BCUT2D eigenvalue weighted by atomic mass is 16.5. The molecule has 8 nitrogen and oxygen atoms in total. The molecule has 1 heterocycles. The molecule has 0 radical (unpaired) electrons. The summed E-state index contributed by atoms with van der Waals surface area (Å²) in [5, 5.41) is 3.08. The van der Waals surface area contributed by atoms with Gasteiger partial charge in [-0.3, -0.25) is 9.59 Å². The summed E-state index contributed by atoms with van der Waals surface area (Å²) in [6, 6.07) is 13.2. The number of nitrogen functional groups attached to an aromatic ring is 1. The minimum absolute atomic E-state index is 0.0158. The van der Waals surface area contributed by atoms with Crippen molar-refractivity contribution in [3.05, 3.63) is 70.5 Å². The van der Waals surface area contributed by atoms with E-state index in [4.69, 9.17) is 10.5 Å². The van der Waals surface area contributed by atoms with Crippen molar-refractivity contribution in [3.8, 4) is 0 Å². The van der Waals surface area contributed by atoms with Crippen molar-refractivity contribution < 1.29 is 14.3 Å². The number of ether oxygens (including phenoxy) is 1. The Labute approximate surface area is 180 Å². The van der Waals surface area contributed by atoms with Crippen LogP contribution in [0.2, 0.25) is 0 Å². The van der Waals surface area contributed by atoms with Crippen LogP contribution in [-0.4, -0.2) is 26.7 Å². The molecule has 1 aromatic heterocycles. The van der Waals surface area contributed by atoms with Gasteiger partial charge in [-0.15, -0.1) is 0 Å². The number of esters is 1. The van der Waals surface area contributed by atoms with E-state index in [1.54, 1.807) is 6.07 Å². The first-order chi connectivity index (χ1) is 14.8. The lowest BCUT2D eigenvalue weighted by Gasteiger charge is -2.10. The van der Waals surface area contributed by atoms with Gasteiger partial charge >= 0.3 is 5.97 Å². The Morgan fingerprint density at radius 2 is 1.71 bits per heavy atom. The molecule has 0 aliphatic rings. The Balaban J connectivity index is 1.55. The highest BCUT2D eigenvalue weighted by Gasteiger charge is 2.13. The van der Waals surface area contributed by atoms with Gasteiger partial charge in [-0.05, 0) is 49.6 Å². The Morgan fingerprint density at radius 3 is 2.45 bits per heavy atom. The van der Waals surface area contributed by atoms with Crippen molar-refractivity contribution in [2.45, 2.75) is 40.2 Å². The monoisotopic (exact) mass is 419 g/mol. The van der Waals surface area contributed by atoms with Gasteiger partial charge in [-0.2, -0.15) is 15.0 Å². The topological polar surface area (TPSA) is 120 Å². The largest absolute Gasteiger partial charge is 0.457 e. The molecule has 3 N–H and O–H groups in total. The summed E-state index contributed by atoms with van der Waals surface area (Å²) in [6.45, 7) is 5.72. The zero-order valence-corrected chi connectivity index (χ0v) is 17.8. The number of carbonyl (C=O) groups is 2. The summed E-state index contributed by atoms with van der Waals surface area (Å²) in [4.78, 5) is 36.7. The molecule has 0 unspecified atom stereocenters. The van der Waals surface area contributed by atoms with Gasteiger partial charge in [-0.25, -0.2) is 0 Å². The number of Topliss-reactive ketones (excluding diaryl/α,β-unsaturated/α-hetero) is 1. The first kappa shape index (κ1) is 21.9. The minimum atomic E-state index is -0.510. The van der Waals surface area contributed by atoms with Crippen molar-refractivity contribution in [2.24, 2.45) is 0 Å². The predicted octanol–water partition coefficient (Wildman–Crippen LogP) is 3.83. The lowest BCUT2D eigenvalue weighted by molar-refractivity contribution is -0.145. The maximum absolute atomic E-state index is 12.3. The average molecular weight is 419 g/mol. The fourth-order valence-electron chi connectivity index (χ4n) is 2.88. The molecular formula is C23H25N5O3. The van der Waals surface area contributed by atoms with E-state index < -0.39 is 5.97 Å². The lowest BCUT2D eigenvalue weighted by atomic mass is 10.0. The quantitative estimate of drug-likeness (QED) is 0.417. The maximum atomic E-state index is 12.3. The van der Waals surface area contributed by atoms with Crippen LogP contribution in [0, 0.1) is 20.8 Å². The van der Waals surface area contributed by atoms with E-state index >= 15 is 0 Å². The van der Waals surface area contributed by atoms with E-state index in [-0.39, 0.29) is 43.0 Å². The normalized spacial score (nSPS) is 10.5. The van der Waals surface area contributed by atoms with Gasteiger partial charge < -0.3 is 15.8 Å². The summed E-state index contributed by atoms with van der Waals surface area (Å²) in [5.41, 5.74) is 10.3. The van der Waals surface area contributed by atoms with Crippen LogP contribution in [-0.2, 0) is 16.1 Å². The van der Waals surface area contributed by atoms with Gasteiger partial charge in [0.2, 0.25) is 11.9 Å². The van der Waals surface area contributed by atoms with Crippen molar-refractivity contribution in [3.63, 3.8) is 0 Å². The van der Waals surface area contributed by atoms with Crippen LogP contribution in [0.15, 0.2) is 42.5 Å². The molecule has 160 valence electrons. The summed E-state index contributed by atoms with van der Waals surface area (Å²) in [6.07, 6.45) is 0.0431. The number of ketones is 1. The molecule has 0 aliphatic carbocycles. The first-order valence-corrected chi connectivity index (χ1v) is 9.91. The number of para-hydroxylation sites is 1. The number of nitrogens with zero attached hydrogens (tertiary/aromatic N) is 3. The molecule has 0 spiro atoms. The second-order valence-corrected chi connectivity index (χ2v) is 7.26. The standard InChI is InChI=1S/C23H25N5O3/c1-14-8-9-17(12-16(14)3)19(29)10-11-21(30)31-13-20-26-22(24)28-23(27-20)25-18-7-5-4-6-15(18)2/h4-9,12H,10-11,13H2,1-3H3,(H3,24,25,26,27,28). The number of carbonyl (C=O) groups excluding carboxylic acids is 2. The number of aromatic nitrogens is 3. The van der Waals surface area contributed by atoms with Crippen LogP contribution in [0.5, 0.6) is 0 Å². The summed E-state index contributed by atoms with van der Waals surface area (Å²) in [7, 11) is 0. The molecule has 0 fully saturated rings. The van der Waals surface area contributed by atoms with Crippen LogP contribution in [0.4, 0.5) is 17.6 Å². The second-order valence-electron chi connectivity index (χ2n) is 7.26. The van der Waals surface area contributed by atoms with E-state index in [0.717, 1.165) is 22.4 Å². The van der Waals surface area contributed by atoms with E-state index in [1.165, 1.54) is 0 Å².